The van der Waals surface area contributed by atoms with Gasteiger partial charge in [-0.15, -0.1) is 0 Å². The Morgan fingerprint density at radius 1 is 0.457 bits per heavy atom. The molecule has 170 valence electrons. The summed E-state index contributed by atoms with van der Waals surface area (Å²) in [5, 5.41) is 5.56. The minimum absolute atomic E-state index is 0.281. The van der Waals surface area contributed by atoms with Crippen LogP contribution in [0.5, 0.6) is 0 Å². The summed E-state index contributed by atoms with van der Waals surface area (Å²) in [6, 6.07) is 39.7. The van der Waals surface area contributed by atoms with Crippen molar-refractivity contribution in [2.24, 2.45) is 0 Å². The molecule has 0 radical (unpaired) electrons. The monoisotopic (exact) mass is 587 g/mol. The molecule has 0 saturated carbocycles. The third-order valence-corrected chi connectivity index (χ3v) is 12.8. The first-order chi connectivity index (χ1) is 17.2. The second-order valence-corrected chi connectivity index (χ2v) is 14.0. The zero-order chi connectivity index (χ0) is 24.0. The van der Waals surface area contributed by atoms with Gasteiger partial charge in [0.1, 0.15) is 0 Å². The molecule has 5 heteroatoms. The van der Waals surface area contributed by atoms with Gasteiger partial charge >= 0.3 is 142 Å². The SMILES string of the molecule is O=C1C=CC(=O)N1c1ccccc1.c1ccc2c([Se][Se]c3cccc4ccccc34)cccc2c1. The number of hydrogen-bond donors (Lipinski definition) is 0. The van der Waals surface area contributed by atoms with Crippen molar-refractivity contribution < 1.29 is 9.59 Å². The first-order valence-electron chi connectivity index (χ1n) is 11.1. The molecule has 3 nitrogen and oxygen atoms in total. The predicted octanol–water partition coefficient (Wildman–Crippen LogP) is 4.38. The Kier molecular flexibility index (Phi) is 7.22. The van der Waals surface area contributed by atoms with E-state index in [1.807, 2.05) is 6.07 Å². The molecule has 0 fully saturated rings. The molecule has 1 aliphatic rings. The van der Waals surface area contributed by atoms with Crippen LogP contribution in [0.4, 0.5) is 5.69 Å². The summed E-state index contributed by atoms with van der Waals surface area (Å²) in [5.41, 5.74) is 0.613. The third-order valence-electron chi connectivity index (χ3n) is 5.54. The van der Waals surface area contributed by atoms with Crippen LogP contribution in [0, 0.1) is 0 Å². The zero-order valence-corrected chi connectivity index (χ0v) is 22.1. The van der Waals surface area contributed by atoms with E-state index < -0.39 is 0 Å². The fourth-order valence-electron chi connectivity index (χ4n) is 3.86. The number of carbonyl (C=O) groups excluding carboxylic acids is 2. The van der Waals surface area contributed by atoms with Gasteiger partial charge in [0.25, 0.3) is 11.8 Å². The van der Waals surface area contributed by atoms with Gasteiger partial charge in [-0.1, -0.05) is 18.2 Å². The van der Waals surface area contributed by atoms with Crippen LogP contribution in [0.3, 0.4) is 0 Å². The third kappa shape index (κ3) is 5.29. The van der Waals surface area contributed by atoms with E-state index in [9.17, 15) is 9.59 Å². The van der Waals surface area contributed by atoms with Crippen LogP contribution in [0.25, 0.3) is 21.5 Å². The van der Waals surface area contributed by atoms with E-state index in [4.69, 9.17) is 0 Å². The van der Waals surface area contributed by atoms with Gasteiger partial charge in [-0.05, 0) is 12.1 Å². The van der Waals surface area contributed by atoms with E-state index in [0.29, 0.717) is 32.0 Å². The van der Waals surface area contributed by atoms with Crippen molar-refractivity contribution in [3.8, 4) is 0 Å². The quantitative estimate of drug-likeness (QED) is 0.232. The summed E-state index contributed by atoms with van der Waals surface area (Å²) >= 11 is 1.02. The first kappa shape index (κ1) is 23.3. The molecule has 35 heavy (non-hydrogen) atoms. The Morgan fingerprint density at radius 2 is 0.886 bits per heavy atom. The van der Waals surface area contributed by atoms with Gasteiger partial charge in [-0.25, -0.2) is 4.90 Å². The molecular formula is C30H21NO2Se2. The second kappa shape index (κ2) is 10.9. The van der Waals surface area contributed by atoms with E-state index in [1.165, 1.54) is 42.6 Å². The standard InChI is InChI=1S/C20H14Se2.C10H7NO2/c1-3-11-17-15(7-1)9-5-13-19(17)21-22-20-14-6-10-16-8-2-4-12-18(16)20;12-9-6-7-10(13)11(9)8-4-2-1-3-5-8/h1-14H;1-7H. The van der Waals surface area contributed by atoms with E-state index in [2.05, 4.69) is 84.9 Å². The normalized spacial score (nSPS) is 12.7. The van der Waals surface area contributed by atoms with Crippen LogP contribution in [-0.2, 0) is 9.59 Å². The number of fused-ring (bicyclic) bond motifs is 2. The van der Waals surface area contributed by atoms with E-state index >= 15 is 0 Å². The molecule has 0 atom stereocenters. The van der Waals surface area contributed by atoms with Crippen molar-refractivity contribution in [3.63, 3.8) is 0 Å². The topological polar surface area (TPSA) is 37.4 Å². The van der Waals surface area contributed by atoms with Crippen LogP contribution >= 0.6 is 0 Å². The van der Waals surface area contributed by atoms with Crippen LogP contribution in [0.15, 0.2) is 127 Å². The molecule has 6 rings (SSSR count). The van der Waals surface area contributed by atoms with E-state index in [-0.39, 0.29) is 11.8 Å². The van der Waals surface area contributed by atoms with Gasteiger partial charge in [0.2, 0.25) is 0 Å². The summed E-state index contributed by atoms with van der Waals surface area (Å²) in [6.07, 6.45) is 2.55. The van der Waals surface area contributed by atoms with Crippen molar-refractivity contribution in [3.05, 3.63) is 127 Å². The number of carbonyl (C=O) groups is 2. The Bertz CT molecular complexity index is 1440. The van der Waals surface area contributed by atoms with Gasteiger partial charge in [0.15, 0.2) is 0 Å². The van der Waals surface area contributed by atoms with Crippen molar-refractivity contribution in [2.75, 3.05) is 4.90 Å². The molecular weight excluding hydrogens is 564 g/mol. The molecule has 0 saturated heterocycles. The molecule has 5 aromatic carbocycles. The molecule has 1 aliphatic heterocycles. The summed E-state index contributed by atoms with van der Waals surface area (Å²) < 4.78 is 3.05. The number of nitrogens with zero attached hydrogens (tertiary/aromatic N) is 1. The van der Waals surface area contributed by atoms with Gasteiger partial charge in [-0.3, -0.25) is 9.59 Å². The number of benzene rings is 5. The van der Waals surface area contributed by atoms with Crippen molar-refractivity contribution >= 4 is 74.2 Å². The van der Waals surface area contributed by atoms with Crippen molar-refractivity contribution in [1.82, 2.24) is 0 Å². The number of imide groups is 1. The van der Waals surface area contributed by atoms with E-state index in [0.717, 1.165) is 4.90 Å². The summed E-state index contributed by atoms with van der Waals surface area (Å²) in [5.74, 6) is -0.563. The molecule has 1 heterocycles. The predicted molar refractivity (Wildman–Crippen MR) is 147 cm³/mol. The Balaban J connectivity index is 0.000000166. The molecule has 0 N–H and O–H groups in total. The number of hydrogen-bond acceptors (Lipinski definition) is 2. The fraction of sp³-hybridized carbons (Fsp3) is 0. The second-order valence-electron chi connectivity index (χ2n) is 7.80. The fourth-order valence-corrected chi connectivity index (χ4v) is 11.1. The number of para-hydroxylation sites is 1. The number of rotatable bonds is 4. The maximum atomic E-state index is 11.2. The van der Waals surface area contributed by atoms with Crippen LogP contribution < -0.4 is 13.8 Å². The Morgan fingerprint density at radius 3 is 1.40 bits per heavy atom. The molecule has 0 bridgehead atoms. The Hall–Kier alpha value is -3.46. The van der Waals surface area contributed by atoms with Gasteiger partial charge in [0.05, 0.1) is 5.69 Å². The van der Waals surface area contributed by atoms with Gasteiger partial charge < -0.3 is 0 Å². The molecule has 0 aliphatic carbocycles. The van der Waals surface area contributed by atoms with Gasteiger partial charge in [0, 0.05) is 12.2 Å². The average Bonchev–Trinajstić information content (AvgIpc) is 3.26. The molecule has 2 amide bonds. The molecule has 0 unspecified atom stereocenters. The number of amides is 2. The maximum absolute atomic E-state index is 11.2. The van der Waals surface area contributed by atoms with E-state index in [1.54, 1.807) is 24.3 Å². The van der Waals surface area contributed by atoms with Crippen molar-refractivity contribution in [2.45, 2.75) is 0 Å². The summed E-state index contributed by atoms with van der Waals surface area (Å²) in [7, 11) is 0. The molecule has 0 aromatic heterocycles. The van der Waals surface area contributed by atoms with Crippen molar-refractivity contribution in [1.29, 1.82) is 0 Å². The van der Waals surface area contributed by atoms with Crippen LogP contribution in [0.2, 0.25) is 0 Å². The average molecular weight is 585 g/mol. The molecule has 0 spiro atoms. The summed E-state index contributed by atoms with van der Waals surface area (Å²) in [6.45, 7) is 0. The first-order valence-corrected chi connectivity index (χ1v) is 17.2. The minimum atomic E-state index is -0.281. The van der Waals surface area contributed by atoms with Crippen LogP contribution in [-0.4, -0.2) is 38.1 Å². The summed E-state index contributed by atoms with van der Waals surface area (Å²) in [4.78, 5) is 23.5. The zero-order valence-electron chi connectivity index (χ0n) is 18.7. The Labute approximate surface area is 215 Å². The number of anilines is 1. The molecule has 5 aromatic rings. The van der Waals surface area contributed by atoms with Gasteiger partial charge in [-0.2, -0.15) is 0 Å². The van der Waals surface area contributed by atoms with Crippen LogP contribution in [0.1, 0.15) is 0 Å².